The van der Waals surface area contributed by atoms with Crippen molar-refractivity contribution in [1.29, 1.82) is 0 Å². The van der Waals surface area contributed by atoms with Gasteiger partial charge in [-0.3, -0.25) is 9.79 Å². The molecule has 0 aliphatic carbocycles. The molecule has 0 fully saturated rings. The fourth-order valence-corrected chi connectivity index (χ4v) is 2.81. The SMILES string of the molecule is CN=C(NCc1cccc(NC(=O)c2ccco2)c1)NCc1ccccc1OC(F)F.I. The van der Waals surface area contributed by atoms with Crippen LogP contribution in [-0.2, 0) is 13.1 Å². The molecule has 1 aromatic heterocycles. The number of benzene rings is 2. The van der Waals surface area contributed by atoms with Crippen molar-refractivity contribution in [2.45, 2.75) is 19.7 Å². The average Bonchev–Trinajstić information content (AvgIpc) is 3.30. The summed E-state index contributed by atoms with van der Waals surface area (Å²) in [6.07, 6.45) is 1.44. The second kappa shape index (κ2) is 12.6. The molecule has 170 valence electrons. The van der Waals surface area contributed by atoms with Crippen LogP contribution in [0.3, 0.4) is 0 Å². The predicted octanol–water partition coefficient (Wildman–Crippen LogP) is 4.62. The Hall–Kier alpha value is -3.15. The van der Waals surface area contributed by atoms with E-state index in [1.54, 1.807) is 43.4 Å². The van der Waals surface area contributed by atoms with E-state index in [4.69, 9.17) is 4.42 Å². The number of aliphatic imine (C=N–C) groups is 1. The Balaban J connectivity index is 0.00000363. The second-order valence-corrected chi connectivity index (χ2v) is 6.40. The second-order valence-electron chi connectivity index (χ2n) is 6.40. The van der Waals surface area contributed by atoms with Gasteiger partial charge in [0.25, 0.3) is 5.91 Å². The zero-order valence-corrected chi connectivity index (χ0v) is 19.5. The van der Waals surface area contributed by atoms with E-state index in [0.29, 0.717) is 23.8 Å². The lowest BCUT2D eigenvalue weighted by Gasteiger charge is -2.15. The first-order chi connectivity index (χ1) is 15.0. The van der Waals surface area contributed by atoms with E-state index in [0.717, 1.165) is 5.56 Å². The highest BCUT2D eigenvalue weighted by molar-refractivity contribution is 14.0. The number of rotatable bonds is 8. The van der Waals surface area contributed by atoms with Crippen LogP contribution in [-0.4, -0.2) is 25.5 Å². The van der Waals surface area contributed by atoms with Gasteiger partial charge in [0, 0.05) is 31.4 Å². The van der Waals surface area contributed by atoms with Gasteiger partial charge in [0.15, 0.2) is 11.7 Å². The number of alkyl halides is 2. The standard InChI is InChI=1S/C22H22F2N4O3.HI/c1-25-22(27-14-16-7-2-3-9-18(16)31-21(23)24)26-13-15-6-4-8-17(12-15)28-20(29)19-10-5-11-30-19;/h2-12,21H,13-14H2,1H3,(H,28,29)(H2,25,26,27);1H. The van der Waals surface area contributed by atoms with Crippen molar-refractivity contribution in [3.05, 3.63) is 83.8 Å². The van der Waals surface area contributed by atoms with Crippen molar-refractivity contribution in [2.24, 2.45) is 4.99 Å². The highest BCUT2D eigenvalue weighted by Crippen LogP contribution is 2.20. The third-order valence-corrected chi connectivity index (χ3v) is 4.25. The largest absolute Gasteiger partial charge is 0.459 e. The molecule has 2 aromatic carbocycles. The third-order valence-electron chi connectivity index (χ3n) is 4.25. The van der Waals surface area contributed by atoms with Crippen molar-refractivity contribution in [2.75, 3.05) is 12.4 Å². The Morgan fingerprint density at radius 1 is 1.06 bits per heavy atom. The van der Waals surface area contributed by atoms with Crippen molar-refractivity contribution in [1.82, 2.24) is 10.6 Å². The number of hydrogen-bond acceptors (Lipinski definition) is 4. The molecule has 0 unspecified atom stereocenters. The lowest BCUT2D eigenvalue weighted by atomic mass is 10.2. The lowest BCUT2D eigenvalue weighted by molar-refractivity contribution is -0.0504. The van der Waals surface area contributed by atoms with E-state index in [1.165, 1.54) is 12.3 Å². The summed E-state index contributed by atoms with van der Waals surface area (Å²) in [4.78, 5) is 16.2. The van der Waals surface area contributed by atoms with Gasteiger partial charge in [-0.2, -0.15) is 8.78 Å². The van der Waals surface area contributed by atoms with Gasteiger partial charge < -0.3 is 25.1 Å². The van der Waals surface area contributed by atoms with Gasteiger partial charge in [-0.15, -0.1) is 24.0 Å². The van der Waals surface area contributed by atoms with Gasteiger partial charge in [-0.05, 0) is 35.9 Å². The number of para-hydroxylation sites is 1. The summed E-state index contributed by atoms with van der Waals surface area (Å²) in [6.45, 7) is -2.21. The Labute approximate surface area is 201 Å². The molecule has 3 rings (SSSR count). The molecule has 0 bridgehead atoms. The van der Waals surface area contributed by atoms with Gasteiger partial charge in [0.2, 0.25) is 0 Å². The number of anilines is 1. The molecule has 3 aromatic rings. The number of carbonyl (C=O) groups is 1. The van der Waals surface area contributed by atoms with Crippen LogP contribution in [0.5, 0.6) is 5.75 Å². The maximum atomic E-state index is 12.6. The van der Waals surface area contributed by atoms with Crippen LogP contribution in [0.25, 0.3) is 0 Å². The Kier molecular flexibility index (Phi) is 9.92. The minimum absolute atomic E-state index is 0. The normalized spacial score (nSPS) is 10.9. The summed E-state index contributed by atoms with van der Waals surface area (Å²) >= 11 is 0. The van der Waals surface area contributed by atoms with E-state index < -0.39 is 6.61 Å². The lowest BCUT2D eigenvalue weighted by Crippen LogP contribution is -2.36. The summed E-state index contributed by atoms with van der Waals surface area (Å²) in [5.74, 6) is 0.485. The fourth-order valence-electron chi connectivity index (χ4n) is 2.81. The molecular formula is C22H23F2IN4O3. The molecule has 10 heteroatoms. The smallest absolute Gasteiger partial charge is 0.387 e. The molecule has 3 N–H and O–H groups in total. The topological polar surface area (TPSA) is 87.9 Å². The summed E-state index contributed by atoms with van der Waals surface area (Å²) in [5, 5.41) is 8.98. The number of nitrogens with one attached hydrogen (secondary N) is 3. The molecule has 0 radical (unpaired) electrons. The molecule has 32 heavy (non-hydrogen) atoms. The fraction of sp³-hybridized carbons (Fsp3) is 0.182. The van der Waals surface area contributed by atoms with Crippen LogP contribution in [0, 0.1) is 0 Å². The zero-order chi connectivity index (χ0) is 22.1. The molecule has 0 saturated carbocycles. The van der Waals surface area contributed by atoms with Crippen LogP contribution in [0.1, 0.15) is 21.7 Å². The number of carbonyl (C=O) groups excluding carboxylic acids is 1. The van der Waals surface area contributed by atoms with E-state index in [2.05, 4.69) is 25.7 Å². The van der Waals surface area contributed by atoms with Crippen LogP contribution in [0.2, 0.25) is 0 Å². The summed E-state index contributed by atoms with van der Waals surface area (Å²) in [7, 11) is 1.61. The van der Waals surface area contributed by atoms with Gasteiger partial charge in [-0.1, -0.05) is 30.3 Å². The third kappa shape index (κ3) is 7.52. The first-order valence-electron chi connectivity index (χ1n) is 9.46. The first-order valence-corrected chi connectivity index (χ1v) is 9.46. The van der Waals surface area contributed by atoms with E-state index in [1.807, 2.05) is 18.2 Å². The zero-order valence-electron chi connectivity index (χ0n) is 17.2. The van der Waals surface area contributed by atoms with Crippen LogP contribution >= 0.6 is 24.0 Å². The Bertz CT molecular complexity index is 1030. The molecule has 0 aliphatic rings. The number of ether oxygens (including phenoxy) is 1. The first kappa shape index (κ1) is 25.1. The highest BCUT2D eigenvalue weighted by Gasteiger charge is 2.10. The number of guanidine groups is 1. The van der Waals surface area contributed by atoms with Gasteiger partial charge in [-0.25, -0.2) is 0 Å². The Morgan fingerprint density at radius 3 is 2.56 bits per heavy atom. The summed E-state index contributed by atoms with van der Waals surface area (Å²) < 4.78 is 34.7. The molecule has 0 atom stereocenters. The van der Waals surface area contributed by atoms with Crippen molar-refractivity contribution >= 4 is 41.5 Å². The molecule has 7 nitrogen and oxygen atoms in total. The number of furan rings is 1. The van der Waals surface area contributed by atoms with Crippen LogP contribution < -0.4 is 20.7 Å². The number of amides is 1. The van der Waals surface area contributed by atoms with E-state index >= 15 is 0 Å². The van der Waals surface area contributed by atoms with Crippen molar-refractivity contribution in [3.8, 4) is 5.75 Å². The minimum Gasteiger partial charge on any atom is -0.459 e. The van der Waals surface area contributed by atoms with Crippen molar-refractivity contribution < 1.29 is 22.7 Å². The van der Waals surface area contributed by atoms with E-state index in [9.17, 15) is 13.6 Å². The van der Waals surface area contributed by atoms with E-state index in [-0.39, 0.29) is 47.9 Å². The predicted molar refractivity (Wildman–Crippen MR) is 129 cm³/mol. The quantitative estimate of drug-likeness (QED) is 0.214. The minimum atomic E-state index is -2.89. The maximum Gasteiger partial charge on any atom is 0.387 e. The van der Waals surface area contributed by atoms with Crippen LogP contribution in [0.15, 0.2) is 76.3 Å². The summed E-state index contributed by atoms with van der Waals surface area (Å²) in [5.41, 5.74) is 2.11. The molecule has 0 saturated heterocycles. The van der Waals surface area contributed by atoms with Gasteiger partial charge in [0.05, 0.1) is 6.26 Å². The van der Waals surface area contributed by atoms with Gasteiger partial charge >= 0.3 is 6.61 Å². The molecular weight excluding hydrogens is 533 g/mol. The maximum absolute atomic E-state index is 12.6. The average molecular weight is 556 g/mol. The van der Waals surface area contributed by atoms with Crippen LogP contribution in [0.4, 0.5) is 14.5 Å². The van der Waals surface area contributed by atoms with Crippen molar-refractivity contribution in [3.63, 3.8) is 0 Å². The summed E-state index contributed by atoms with van der Waals surface area (Å²) in [6, 6.07) is 17.1. The molecule has 1 heterocycles. The number of nitrogens with zero attached hydrogens (tertiary/aromatic N) is 1. The van der Waals surface area contributed by atoms with Gasteiger partial charge in [0.1, 0.15) is 5.75 Å². The number of halogens is 3. The molecule has 1 amide bonds. The molecule has 0 spiro atoms. The number of hydrogen-bond donors (Lipinski definition) is 3. The highest BCUT2D eigenvalue weighted by atomic mass is 127. The Morgan fingerprint density at radius 2 is 1.84 bits per heavy atom. The molecule has 0 aliphatic heterocycles. The monoisotopic (exact) mass is 556 g/mol.